The van der Waals surface area contributed by atoms with Gasteiger partial charge in [0.1, 0.15) is 18.2 Å². The third kappa shape index (κ3) is 3.98. The van der Waals surface area contributed by atoms with Gasteiger partial charge in [-0.15, -0.1) is 13.2 Å². The average Bonchev–Trinajstić information content (AvgIpc) is 3.16. The maximum Gasteiger partial charge on any atom is 0.573 e. The predicted octanol–water partition coefficient (Wildman–Crippen LogP) is 5.56. The molecule has 9 heteroatoms. The van der Waals surface area contributed by atoms with Gasteiger partial charge in [0.2, 0.25) is 0 Å². The lowest BCUT2D eigenvalue weighted by atomic mass is 9.84. The molecule has 0 saturated heterocycles. The van der Waals surface area contributed by atoms with Gasteiger partial charge in [0.15, 0.2) is 5.82 Å². The number of hydrogen-bond donors (Lipinski definition) is 0. The molecule has 164 valence electrons. The van der Waals surface area contributed by atoms with Gasteiger partial charge in [0, 0.05) is 17.3 Å². The molecule has 1 saturated carbocycles. The van der Waals surface area contributed by atoms with E-state index < -0.39 is 6.36 Å². The maximum absolute atomic E-state index is 13.0. The Labute approximate surface area is 181 Å². The fourth-order valence-electron chi connectivity index (χ4n) is 3.89. The Balaban J connectivity index is 1.65. The average molecular weight is 440 g/mol. The van der Waals surface area contributed by atoms with Crippen LogP contribution in [0, 0.1) is 5.92 Å². The standard InChI is InChI=1S/C23H19F3N4O2/c1-14-10-15(11-14)31-22-27-12-17(16-6-2-5-9-20(16)32-23(24,25)26)21(29-22)30-13-28-18-7-3-4-8-19(18)30/h2-9,12-15H,10-11H2,1H3. The molecule has 2 aromatic carbocycles. The van der Waals surface area contributed by atoms with Gasteiger partial charge < -0.3 is 9.47 Å². The first-order valence-corrected chi connectivity index (χ1v) is 10.2. The van der Waals surface area contributed by atoms with Crippen molar-refractivity contribution in [2.24, 2.45) is 5.92 Å². The van der Waals surface area contributed by atoms with Crippen LogP contribution >= 0.6 is 0 Å². The minimum atomic E-state index is -4.83. The first-order valence-electron chi connectivity index (χ1n) is 10.2. The fraction of sp³-hybridized carbons (Fsp3) is 0.261. The summed E-state index contributed by atoms with van der Waals surface area (Å²) in [5.41, 5.74) is 2.06. The molecule has 5 rings (SSSR count). The molecule has 32 heavy (non-hydrogen) atoms. The molecule has 0 bridgehead atoms. The van der Waals surface area contributed by atoms with Crippen molar-refractivity contribution in [3.8, 4) is 28.7 Å². The Morgan fingerprint density at radius 3 is 2.50 bits per heavy atom. The molecule has 1 aliphatic rings. The lowest BCUT2D eigenvalue weighted by Gasteiger charge is -2.32. The van der Waals surface area contributed by atoms with Crippen molar-refractivity contribution >= 4 is 11.0 Å². The molecule has 0 unspecified atom stereocenters. The van der Waals surface area contributed by atoms with Crippen LogP contribution in [0.4, 0.5) is 13.2 Å². The third-order valence-corrected chi connectivity index (χ3v) is 5.43. The minimum Gasteiger partial charge on any atom is -0.460 e. The molecular formula is C23H19F3N4O2. The van der Waals surface area contributed by atoms with Crippen LogP contribution in [0.25, 0.3) is 28.0 Å². The summed E-state index contributed by atoms with van der Waals surface area (Å²) in [7, 11) is 0. The summed E-state index contributed by atoms with van der Waals surface area (Å²) in [6.07, 6.45) is 0.0754. The van der Waals surface area contributed by atoms with Gasteiger partial charge in [-0.05, 0) is 37.0 Å². The van der Waals surface area contributed by atoms with Crippen LogP contribution in [0.3, 0.4) is 0 Å². The maximum atomic E-state index is 13.0. The molecule has 1 aliphatic carbocycles. The van der Waals surface area contributed by atoms with Crippen molar-refractivity contribution in [3.05, 3.63) is 61.1 Å². The predicted molar refractivity (Wildman–Crippen MR) is 112 cm³/mol. The highest BCUT2D eigenvalue weighted by molar-refractivity contribution is 5.81. The van der Waals surface area contributed by atoms with Gasteiger partial charge in [0.25, 0.3) is 0 Å². The van der Waals surface area contributed by atoms with Crippen molar-refractivity contribution in [2.45, 2.75) is 32.2 Å². The van der Waals surface area contributed by atoms with Crippen molar-refractivity contribution < 1.29 is 22.6 Å². The summed E-state index contributed by atoms with van der Waals surface area (Å²) >= 11 is 0. The van der Waals surface area contributed by atoms with Crippen molar-refractivity contribution in [1.29, 1.82) is 0 Å². The number of ether oxygens (including phenoxy) is 2. The number of halogens is 3. The molecule has 0 radical (unpaired) electrons. The van der Waals surface area contributed by atoms with Crippen molar-refractivity contribution in [1.82, 2.24) is 19.5 Å². The quantitative estimate of drug-likeness (QED) is 0.407. The number of para-hydroxylation sites is 3. The Kier molecular flexibility index (Phi) is 4.96. The van der Waals surface area contributed by atoms with E-state index in [0.29, 0.717) is 17.3 Å². The highest BCUT2D eigenvalue weighted by Gasteiger charge is 2.33. The Morgan fingerprint density at radius 1 is 0.969 bits per heavy atom. The molecule has 0 N–H and O–H groups in total. The van der Waals surface area contributed by atoms with E-state index in [-0.39, 0.29) is 23.4 Å². The Morgan fingerprint density at radius 2 is 1.72 bits per heavy atom. The Bertz CT molecular complexity index is 1270. The van der Waals surface area contributed by atoms with Crippen LogP contribution < -0.4 is 9.47 Å². The molecule has 0 spiro atoms. The summed E-state index contributed by atoms with van der Waals surface area (Å²) in [4.78, 5) is 13.3. The van der Waals surface area contributed by atoms with Crippen LogP contribution in [-0.4, -0.2) is 32.0 Å². The normalized spacial score (nSPS) is 18.4. The number of hydrogen-bond acceptors (Lipinski definition) is 5. The lowest BCUT2D eigenvalue weighted by molar-refractivity contribution is -0.274. The number of imidazole rings is 1. The van der Waals surface area contributed by atoms with Crippen LogP contribution in [-0.2, 0) is 0 Å². The zero-order valence-electron chi connectivity index (χ0n) is 17.1. The van der Waals surface area contributed by atoms with E-state index in [0.717, 1.165) is 23.9 Å². The first kappa shape index (κ1) is 20.3. The van der Waals surface area contributed by atoms with E-state index in [9.17, 15) is 13.2 Å². The number of nitrogens with zero attached hydrogens (tertiary/aromatic N) is 4. The van der Waals surface area contributed by atoms with Gasteiger partial charge in [-0.25, -0.2) is 9.97 Å². The molecular weight excluding hydrogens is 421 g/mol. The SMILES string of the molecule is CC1CC(Oc2ncc(-c3ccccc3OC(F)(F)F)c(-n3cnc4ccccc43)n2)C1. The molecule has 4 aromatic rings. The summed E-state index contributed by atoms with van der Waals surface area (Å²) < 4.78 is 50.9. The smallest absolute Gasteiger partial charge is 0.460 e. The topological polar surface area (TPSA) is 62.1 Å². The second-order valence-electron chi connectivity index (χ2n) is 7.85. The van der Waals surface area contributed by atoms with Gasteiger partial charge in [0.05, 0.1) is 11.0 Å². The summed E-state index contributed by atoms with van der Waals surface area (Å²) in [6, 6.07) is 13.5. The highest BCUT2D eigenvalue weighted by Crippen LogP contribution is 2.37. The third-order valence-electron chi connectivity index (χ3n) is 5.43. The molecule has 0 atom stereocenters. The monoisotopic (exact) mass is 440 g/mol. The molecule has 6 nitrogen and oxygen atoms in total. The Hall–Kier alpha value is -3.62. The van der Waals surface area contributed by atoms with Gasteiger partial charge in [-0.3, -0.25) is 4.57 Å². The second kappa shape index (κ2) is 7.81. The van der Waals surface area contributed by atoms with Gasteiger partial charge in [-0.1, -0.05) is 37.3 Å². The summed E-state index contributed by atoms with van der Waals surface area (Å²) in [5.74, 6) is 0.604. The van der Waals surface area contributed by atoms with E-state index in [1.165, 1.54) is 24.4 Å². The van der Waals surface area contributed by atoms with Crippen LogP contribution in [0.5, 0.6) is 11.8 Å². The van der Waals surface area contributed by atoms with E-state index in [2.05, 4.69) is 26.6 Å². The molecule has 0 aliphatic heterocycles. The number of benzene rings is 2. The lowest BCUT2D eigenvalue weighted by Crippen LogP contribution is -2.32. The fourth-order valence-corrected chi connectivity index (χ4v) is 3.89. The zero-order valence-corrected chi connectivity index (χ0v) is 17.1. The van der Waals surface area contributed by atoms with Crippen molar-refractivity contribution in [2.75, 3.05) is 0 Å². The highest BCUT2D eigenvalue weighted by atomic mass is 19.4. The van der Waals surface area contributed by atoms with Gasteiger partial charge >= 0.3 is 12.4 Å². The van der Waals surface area contributed by atoms with Crippen LogP contribution in [0.1, 0.15) is 19.8 Å². The molecule has 1 fully saturated rings. The van der Waals surface area contributed by atoms with Crippen LogP contribution in [0.15, 0.2) is 61.1 Å². The van der Waals surface area contributed by atoms with E-state index in [4.69, 9.17) is 4.74 Å². The van der Waals surface area contributed by atoms with E-state index in [1.807, 2.05) is 24.3 Å². The minimum absolute atomic E-state index is 0.0316. The number of fused-ring (bicyclic) bond motifs is 1. The number of alkyl halides is 3. The molecule has 0 amide bonds. The first-order chi connectivity index (χ1) is 15.4. The number of rotatable bonds is 5. The van der Waals surface area contributed by atoms with Crippen LogP contribution in [0.2, 0.25) is 0 Å². The summed E-state index contributed by atoms with van der Waals surface area (Å²) in [6.45, 7) is 2.14. The van der Waals surface area contributed by atoms with E-state index in [1.54, 1.807) is 17.0 Å². The van der Waals surface area contributed by atoms with Gasteiger partial charge in [-0.2, -0.15) is 4.98 Å². The molecule has 2 aromatic heterocycles. The zero-order chi connectivity index (χ0) is 22.3. The van der Waals surface area contributed by atoms with E-state index >= 15 is 0 Å². The van der Waals surface area contributed by atoms with Crippen molar-refractivity contribution in [3.63, 3.8) is 0 Å². The molecule has 2 heterocycles. The largest absolute Gasteiger partial charge is 0.573 e. The second-order valence-corrected chi connectivity index (χ2v) is 7.85. The number of aromatic nitrogens is 4. The summed E-state index contributed by atoms with van der Waals surface area (Å²) in [5, 5.41) is 0.